The van der Waals surface area contributed by atoms with Crippen molar-refractivity contribution in [3.8, 4) is 0 Å². The molecule has 2 heterocycles. The molecule has 1 unspecified atom stereocenters. The van der Waals surface area contributed by atoms with Crippen LogP contribution >= 0.6 is 0 Å². The first kappa shape index (κ1) is 15.5. The van der Waals surface area contributed by atoms with Crippen LogP contribution in [0.3, 0.4) is 0 Å². The van der Waals surface area contributed by atoms with Gasteiger partial charge in [0.1, 0.15) is 5.69 Å². The molecule has 0 spiro atoms. The normalized spacial score (nSPS) is 23.2. The van der Waals surface area contributed by atoms with Crippen molar-refractivity contribution in [3.05, 3.63) is 33.8 Å². The molecule has 21 heavy (non-hydrogen) atoms. The molecule has 2 aliphatic carbocycles. The zero-order valence-electron chi connectivity index (χ0n) is 12.1. The summed E-state index contributed by atoms with van der Waals surface area (Å²) in [7, 11) is 1.78. The molecule has 1 N–H and O–H groups in total. The number of carbonyl (C=O) groups is 2. The van der Waals surface area contributed by atoms with E-state index in [1.54, 1.807) is 18.5 Å². The van der Waals surface area contributed by atoms with Crippen LogP contribution in [0.5, 0.6) is 0 Å². The van der Waals surface area contributed by atoms with Crippen LogP contribution in [0.15, 0.2) is 11.3 Å². The van der Waals surface area contributed by atoms with Gasteiger partial charge in [-0.05, 0) is 25.3 Å². The number of ketones is 2. The summed E-state index contributed by atoms with van der Waals surface area (Å²) >= 11 is 0. The van der Waals surface area contributed by atoms with Crippen LogP contribution in [0.4, 0.5) is 0 Å². The van der Waals surface area contributed by atoms with Crippen molar-refractivity contribution in [1.29, 1.82) is 0 Å². The first-order chi connectivity index (χ1) is 9.52. The van der Waals surface area contributed by atoms with Gasteiger partial charge in [-0.1, -0.05) is 0 Å². The summed E-state index contributed by atoms with van der Waals surface area (Å²) < 4.78 is 1.73. The Balaban J connectivity index is 0.00000132. The van der Waals surface area contributed by atoms with Gasteiger partial charge in [0.05, 0.1) is 23.1 Å². The van der Waals surface area contributed by atoms with Crippen molar-refractivity contribution in [2.45, 2.75) is 25.9 Å². The van der Waals surface area contributed by atoms with Crippen LogP contribution < -0.4 is 0 Å². The minimum Gasteiger partial charge on any atom is -0.387 e. The molecule has 0 saturated carbocycles. The second kappa shape index (κ2) is 5.04. The van der Waals surface area contributed by atoms with Crippen LogP contribution in [0, 0.1) is 44.1 Å². The Morgan fingerprint density at radius 1 is 1.19 bits per heavy atom. The van der Waals surface area contributed by atoms with Gasteiger partial charge in [0.2, 0.25) is 5.78 Å². The van der Waals surface area contributed by atoms with E-state index < -0.39 is 6.10 Å². The Morgan fingerprint density at radius 2 is 1.86 bits per heavy atom. The molecule has 1 fully saturated rings. The molecular formula is C15H16AcN2O3. The van der Waals surface area contributed by atoms with Crippen molar-refractivity contribution in [1.82, 2.24) is 9.47 Å². The number of hydrogen-bond acceptors (Lipinski definition) is 4. The molecule has 1 aromatic heterocycles. The molecule has 3 aliphatic rings. The quantitative estimate of drug-likeness (QED) is 0.586. The van der Waals surface area contributed by atoms with E-state index in [1.807, 2.05) is 4.90 Å². The van der Waals surface area contributed by atoms with Crippen LogP contribution in [-0.2, 0) is 13.5 Å². The minimum atomic E-state index is -0.564. The van der Waals surface area contributed by atoms with Gasteiger partial charge < -0.3 is 14.6 Å². The summed E-state index contributed by atoms with van der Waals surface area (Å²) in [5.41, 5.74) is 3.72. The Morgan fingerprint density at radius 3 is 2.48 bits per heavy atom. The number of hydrogen-bond donors (Lipinski definition) is 1. The Bertz CT molecular complexity index is 713. The van der Waals surface area contributed by atoms with Crippen molar-refractivity contribution >= 4 is 11.6 Å². The maximum Gasteiger partial charge on any atom is 0.226 e. The molecule has 0 bridgehead atoms. The third-order valence-corrected chi connectivity index (χ3v) is 4.64. The average molecular weight is 499 g/mol. The fraction of sp³-hybridized carbons (Fsp3) is 0.467. The van der Waals surface area contributed by atoms with Gasteiger partial charge in [0, 0.05) is 69.8 Å². The molecule has 1 aliphatic heterocycles. The first-order valence-electron chi connectivity index (χ1n) is 6.97. The Kier molecular flexibility index (Phi) is 3.71. The van der Waals surface area contributed by atoms with Crippen molar-refractivity contribution in [3.63, 3.8) is 0 Å². The maximum absolute atomic E-state index is 12.7. The van der Waals surface area contributed by atoms with Crippen molar-refractivity contribution < 1.29 is 58.8 Å². The van der Waals surface area contributed by atoms with Gasteiger partial charge in [-0.25, -0.2) is 0 Å². The van der Waals surface area contributed by atoms with E-state index in [0.29, 0.717) is 35.4 Å². The SMILES string of the molecule is CC1=C(N2CC2)C(=O)c2c(c3c(n2C)C(O)CC3)C1=O.[Ac]. The number of Topliss-reactive ketones (excluding diaryl/α,β-unsaturated/α-hetero) is 2. The summed E-state index contributed by atoms with van der Waals surface area (Å²) in [5.74, 6) is -0.119. The standard InChI is InChI=1S/C15H16N2O3.Ac/c1-7-11(17-5-6-17)15(20)13-10(14(7)19)8-3-4-9(18)12(8)16(13)2;/h9,18H,3-6H2,1-2H3;. The van der Waals surface area contributed by atoms with Gasteiger partial charge in [-0.2, -0.15) is 0 Å². The van der Waals surface area contributed by atoms with Gasteiger partial charge in [0.25, 0.3) is 0 Å². The van der Waals surface area contributed by atoms with Crippen molar-refractivity contribution in [2.24, 2.45) is 7.05 Å². The molecule has 4 rings (SSSR count). The smallest absolute Gasteiger partial charge is 0.226 e. The van der Waals surface area contributed by atoms with Gasteiger partial charge in [-0.15, -0.1) is 0 Å². The van der Waals surface area contributed by atoms with E-state index in [2.05, 4.69) is 0 Å². The molecule has 1 aromatic rings. The first-order valence-corrected chi connectivity index (χ1v) is 6.97. The molecule has 0 amide bonds. The monoisotopic (exact) mass is 499 g/mol. The summed E-state index contributed by atoms with van der Waals surface area (Å²) in [6.07, 6.45) is 0.742. The average Bonchev–Trinajstić information content (AvgIpc) is 3.09. The number of allylic oxidation sites excluding steroid dienone is 2. The van der Waals surface area contributed by atoms with Crippen LogP contribution in [0.1, 0.15) is 51.6 Å². The molecule has 107 valence electrons. The van der Waals surface area contributed by atoms with Crippen LogP contribution in [-0.4, -0.2) is 39.2 Å². The predicted octanol–water partition coefficient (Wildman–Crippen LogP) is 0.973. The second-order valence-electron chi connectivity index (χ2n) is 5.82. The van der Waals surface area contributed by atoms with Crippen LogP contribution in [0.2, 0.25) is 0 Å². The number of aromatic nitrogens is 1. The molecule has 1 saturated heterocycles. The predicted molar refractivity (Wildman–Crippen MR) is 71.6 cm³/mol. The topological polar surface area (TPSA) is 62.3 Å². The second-order valence-corrected chi connectivity index (χ2v) is 5.82. The number of carbonyl (C=O) groups excluding carboxylic acids is 2. The zero-order chi connectivity index (χ0) is 14.2. The maximum atomic E-state index is 12.7. The number of aliphatic hydroxyl groups excluding tert-OH is 1. The van der Waals surface area contributed by atoms with E-state index in [1.165, 1.54) is 0 Å². The summed E-state index contributed by atoms with van der Waals surface area (Å²) in [4.78, 5) is 27.3. The van der Waals surface area contributed by atoms with E-state index in [0.717, 1.165) is 24.3 Å². The Hall–Kier alpha value is -0.438. The summed E-state index contributed by atoms with van der Waals surface area (Å²) in [6, 6.07) is 0. The van der Waals surface area contributed by atoms with E-state index in [9.17, 15) is 14.7 Å². The largest absolute Gasteiger partial charge is 0.387 e. The fourth-order valence-electron chi connectivity index (χ4n) is 3.60. The Labute approximate surface area is 158 Å². The van der Waals surface area contributed by atoms with Gasteiger partial charge in [0.15, 0.2) is 5.78 Å². The molecule has 6 heteroatoms. The van der Waals surface area contributed by atoms with E-state index in [-0.39, 0.29) is 55.6 Å². The number of aliphatic hydroxyl groups is 1. The van der Waals surface area contributed by atoms with Gasteiger partial charge in [-0.3, -0.25) is 9.59 Å². The zero-order valence-corrected chi connectivity index (χ0v) is 16.9. The third-order valence-electron chi connectivity index (χ3n) is 4.64. The summed E-state index contributed by atoms with van der Waals surface area (Å²) in [6.45, 7) is 3.42. The van der Waals surface area contributed by atoms with Crippen LogP contribution in [0.25, 0.3) is 0 Å². The fourth-order valence-corrected chi connectivity index (χ4v) is 3.60. The third kappa shape index (κ3) is 1.95. The van der Waals surface area contributed by atoms with E-state index in [4.69, 9.17) is 0 Å². The summed E-state index contributed by atoms with van der Waals surface area (Å²) in [5, 5.41) is 10.1. The molecular weight excluding hydrogens is 483 g/mol. The van der Waals surface area contributed by atoms with Gasteiger partial charge >= 0.3 is 0 Å². The van der Waals surface area contributed by atoms with E-state index >= 15 is 0 Å². The molecule has 1 atom stereocenters. The number of nitrogens with zero attached hydrogens (tertiary/aromatic N) is 2. The number of fused-ring (bicyclic) bond motifs is 3. The molecule has 0 aromatic carbocycles. The minimum absolute atomic E-state index is 0. The molecule has 5 nitrogen and oxygen atoms in total. The van der Waals surface area contributed by atoms with Crippen molar-refractivity contribution in [2.75, 3.05) is 13.1 Å². The number of rotatable bonds is 1. The molecule has 1 radical (unpaired) electrons.